The SMILES string of the molecule is Cc1ncc(C(=O)NC[C@H]2[C@H]3C[C@H](CN(CC(C)C)C3)[C@@H]3CCCC(=O)N32)cn1. The molecule has 2 bridgehead atoms. The second-order valence-corrected chi connectivity index (χ2v) is 9.43. The molecule has 2 amide bonds. The van der Waals surface area contributed by atoms with Gasteiger partial charge in [-0.2, -0.15) is 0 Å². The van der Waals surface area contributed by atoms with Crippen LogP contribution in [0.2, 0.25) is 0 Å². The molecule has 3 saturated heterocycles. The molecule has 29 heavy (non-hydrogen) atoms. The zero-order chi connectivity index (χ0) is 20.5. The topological polar surface area (TPSA) is 78.4 Å². The number of nitrogens with zero attached hydrogens (tertiary/aromatic N) is 4. The van der Waals surface area contributed by atoms with E-state index in [9.17, 15) is 9.59 Å². The van der Waals surface area contributed by atoms with Crippen LogP contribution in [0.4, 0.5) is 0 Å². The van der Waals surface area contributed by atoms with Crippen molar-refractivity contribution in [3.8, 4) is 0 Å². The molecule has 1 aromatic rings. The Kier molecular flexibility index (Phi) is 5.86. The van der Waals surface area contributed by atoms with Crippen LogP contribution in [-0.2, 0) is 4.79 Å². The van der Waals surface area contributed by atoms with E-state index in [4.69, 9.17) is 0 Å². The van der Waals surface area contributed by atoms with Gasteiger partial charge in [-0.1, -0.05) is 13.8 Å². The van der Waals surface area contributed by atoms with Gasteiger partial charge >= 0.3 is 0 Å². The molecular weight excluding hydrogens is 366 g/mol. The van der Waals surface area contributed by atoms with Crippen LogP contribution < -0.4 is 5.32 Å². The van der Waals surface area contributed by atoms with Crippen LogP contribution in [0.15, 0.2) is 12.4 Å². The first-order chi connectivity index (χ1) is 13.9. The first kappa shape index (κ1) is 20.3. The molecule has 3 aliphatic rings. The maximum Gasteiger partial charge on any atom is 0.254 e. The highest BCUT2D eigenvalue weighted by Crippen LogP contribution is 2.41. The summed E-state index contributed by atoms with van der Waals surface area (Å²) in [5.41, 5.74) is 0.468. The molecule has 0 unspecified atom stereocenters. The quantitative estimate of drug-likeness (QED) is 0.818. The summed E-state index contributed by atoms with van der Waals surface area (Å²) < 4.78 is 0. The van der Waals surface area contributed by atoms with Crippen molar-refractivity contribution in [2.45, 2.75) is 58.5 Å². The summed E-state index contributed by atoms with van der Waals surface area (Å²) in [7, 11) is 0. The molecule has 4 rings (SSSR count). The van der Waals surface area contributed by atoms with Crippen molar-refractivity contribution in [3.05, 3.63) is 23.8 Å². The number of aryl methyl sites for hydroxylation is 1. The van der Waals surface area contributed by atoms with E-state index >= 15 is 0 Å². The Morgan fingerprint density at radius 1 is 1.24 bits per heavy atom. The Morgan fingerprint density at radius 2 is 1.97 bits per heavy atom. The molecule has 1 N–H and O–H groups in total. The fraction of sp³-hybridized carbons (Fsp3) is 0.727. The third-order valence-corrected chi connectivity index (χ3v) is 6.71. The zero-order valence-corrected chi connectivity index (χ0v) is 17.8. The Labute approximate surface area is 173 Å². The number of aromatic nitrogens is 2. The van der Waals surface area contributed by atoms with Crippen LogP contribution in [0.25, 0.3) is 0 Å². The normalized spacial score (nSPS) is 29.7. The average molecular weight is 400 g/mol. The van der Waals surface area contributed by atoms with Gasteiger partial charge < -0.3 is 15.1 Å². The highest BCUT2D eigenvalue weighted by molar-refractivity contribution is 5.93. The van der Waals surface area contributed by atoms with Gasteiger partial charge in [0.05, 0.1) is 11.6 Å². The van der Waals surface area contributed by atoms with Crippen molar-refractivity contribution in [1.29, 1.82) is 0 Å². The summed E-state index contributed by atoms with van der Waals surface area (Å²) in [5.74, 6) is 2.37. The van der Waals surface area contributed by atoms with Gasteiger partial charge in [-0.3, -0.25) is 9.59 Å². The lowest BCUT2D eigenvalue weighted by atomic mass is 9.72. The fourth-order valence-electron chi connectivity index (χ4n) is 5.61. The molecule has 0 radical (unpaired) electrons. The molecule has 0 aliphatic carbocycles. The molecule has 0 spiro atoms. The van der Waals surface area contributed by atoms with Crippen LogP contribution in [-0.4, -0.2) is 69.8 Å². The minimum atomic E-state index is -0.164. The van der Waals surface area contributed by atoms with Gasteiger partial charge in [0.15, 0.2) is 0 Å². The first-order valence-electron chi connectivity index (χ1n) is 11.0. The molecule has 3 aliphatic heterocycles. The Bertz CT molecular complexity index is 750. The van der Waals surface area contributed by atoms with Crippen LogP contribution in [0.3, 0.4) is 0 Å². The molecule has 4 heterocycles. The molecule has 3 fully saturated rings. The van der Waals surface area contributed by atoms with Crippen LogP contribution in [0.5, 0.6) is 0 Å². The lowest BCUT2D eigenvalue weighted by Gasteiger charge is -2.56. The van der Waals surface area contributed by atoms with Crippen molar-refractivity contribution < 1.29 is 9.59 Å². The Hall–Kier alpha value is -2.02. The second-order valence-electron chi connectivity index (χ2n) is 9.43. The lowest BCUT2D eigenvalue weighted by molar-refractivity contribution is -0.152. The number of hydrogen-bond donors (Lipinski definition) is 1. The van der Waals surface area contributed by atoms with Crippen molar-refractivity contribution in [1.82, 2.24) is 25.1 Å². The molecule has 7 nitrogen and oxygen atoms in total. The van der Waals surface area contributed by atoms with Gasteiger partial charge in [-0.15, -0.1) is 0 Å². The molecule has 158 valence electrons. The second kappa shape index (κ2) is 8.38. The summed E-state index contributed by atoms with van der Waals surface area (Å²) in [6.45, 7) is 10.1. The number of carbonyl (C=O) groups is 2. The van der Waals surface area contributed by atoms with E-state index in [1.807, 2.05) is 0 Å². The van der Waals surface area contributed by atoms with E-state index in [0.717, 1.165) is 38.9 Å². The van der Waals surface area contributed by atoms with Gasteiger partial charge in [-0.05, 0) is 43.9 Å². The molecular formula is C22H33N5O2. The monoisotopic (exact) mass is 399 g/mol. The minimum Gasteiger partial charge on any atom is -0.350 e. The summed E-state index contributed by atoms with van der Waals surface area (Å²) in [6.07, 6.45) is 7.02. The lowest BCUT2D eigenvalue weighted by Crippen LogP contribution is -2.67. The number of piperidine rings is 3. The number of likely N-dealkylation sites (tertiary alicyclic amines) is 1. The van der Waals surface area contributed by atoms with Crippen molar-refractivity contribution >= 4 is 11.8 Å². The van der Waals surface area contributed by atoms with E-state index in [0.29, 0.717) is 48.1 Å². The predicted octanol–water partition coefficient (Wildman–Crippen LogP) is 1.87. The molecule has 0 aromatic carbocycles. The molecule has 7 heteroatoms. The van der Waals surface area contributed by atoms with Gasteiger partial charge in [0.1, 0.15) is 5.82 Å². The summed E-state index contributed by atoms with van der Waals surface area (Å²) >= 11 is 0. The third-order valence-electron chi connectivity index (χ3n) is 6.71. The van der Waals surface area contributed by atoms with E-state index in [-0.39, 0.29) is 17.9 Å². The van der Waals surface area contributed by atoms with Gasteiger partial charge in [0.25, 0.3) is 5.91 Å². The van der Waals surface area contributed by atoms with Crippen LogP contribution in [0.1, 0.15) is 55.7 Å². The average Bonchev–Trinajstić information content (AvgIpc) is 2.68. The van der Waals surface area contributed by atoms with Gasteiger partial charge in [0.2, 0.25) is 5.91 Å². The summed E-state index contributed by atoms with van der Waals surface area (Å²) in [4.78, 5) is 38.5. The van der Waals surface area contributed by atoms with Crippen molar-refractivity contribution in [2.75, 3.05) is 26.2 Å². The van der Waals surface area contributed by atoms with E-state index < -0.39 is 0 Å². The van der Waals surface area contributed by atoms with E-state index in [1.54, 1.807) is 19.3 Å². The number of carbonyl (C=O) groups excluding carboxylic acids is 2. The smallest absolute Gasteiger partial charge is 0.254 e. The predicted molar refractivity (Wildman–Crippen MR) is 110 cm³/mol. The molecule has 1 aromatic heterocycles. The standard InChI is InChI=1S/C22H33N5O2/c1-14(2)11-26-12-16-7-17(13-26)20(27-19(16)5-4-6-21(27)28)10-25-22(29)18-8-23-15(3)24-9-18/h8-9,14,16-17,19-20H,4-7,10-13H2,1-3H3,(H,25,29)/t16-,17+,19+,20+/m1/s1. The van der Waals surface area contributed by atoms with E-state index in [1.165, 1.54) is 0 Å². The minimum absolute atomic E-state index is 0.0781. The van der Waals surface area contributed by atoms with Crippen LogP contribution >= 0.6 is 0 Å². The summed E-state index contributed by atoms with van der Waals surface area (Å²) in [6, 6.07) is 0.404. The zero-order valence-electron chi connectivity index (χ0n) is 17.8. The van der Waals surface area contributed by atoms with Crippen molar-refractivity contribution in [2.24, 2.45) is 17.8 Å². The van der Waals surface area contributed by atoms with Crippen molar-refractivity contribution in [3.63, 3.8) is 0 Å². The Morgan fingerprint density at radius 3 is 2.69 bits per heavy atom. The van der Waals surface area contributed by atoms with Gasteiger partial charge in [0, 0.05) is 51.0 Å². The number of fused-ring (bicyclic) bond motifs is 4. The highest BCUT2D eigenvalue weighted by Gasteiger charge is 2.49. The number of rotatable bonds is 5. The summed E-state index contributed by atoms with van der Waals surface area (Å²) in [5, 5.41) is 3.07. The number of hydrogen-bond acceptors (Lipinski definition) is 5. The Balaban J connectivity index is 1.50. The number of amides is 2. The van der Waals surface area contributed by atoms with Gasteiger partial charge in [-0.25, -0.2) is 9.97 Å². The van der Waals surface area contributed by atoms with Crippen LogP contribution in [0, 0.1) is 24.7 Å². The first-order valence-corrected chi connectivity index (χ1v) is 11.0. The third kappa shape index (κ3) is 4.29. The molecule has 4 atom stereocenters. The number of nitrogens with one attached hydrogen (secondary N) is 1. The highest BCUT2D eigenvalue weighted by atomic mass is 16.2. The maximum atomic E-state index is 12.9. The largest absolute Gasteiger partial charge is 0.350 e. The van der Waals surface area contributed by atoms with E-state index in [2.05, 4.69) is 38.9 Å². The molecule has 0 saturated carbocycles. The maximum absolute atomic E-state index is 12.9. The fourth-order valence-corrected chi connectivity index (χ4v) is 5.61.